The lowest BCUT2D eigenvalue weighted by atomic mass is 9.86. The van der Waals surface area contributed by atoms with E-state index in [2.05, 4.69) is 4.74 Å². The molecule has 0 bridgehead atoms. The van der Waals surface area contributed by atoms with E-state index in [1.54, 1.807) is 0 Å². The van der Waals surface area contributed by atoms with Gasteiger partial charge in [0.05, 0.1) is 6.10 Å². The van der Waals surface area contributed by atoms with Crippen LogP contribution in [-0.2, 0) is 4.74 Å². The fourth-order valence-corrected chi connectivity index (χ4v) is 0.948. The molecule has 0 aliphatic rings. The second-order valence-electron chi connectivity index (χ2n) is 4.02. The van der Waals surface area contributed by atoms with Crippen molar-refractivity contribution in [3.63, 3.8) is 0 Å². The highest BCUT2D eigenvalue weighted by atomic mass is 16.6. The number of hydrogen-bond donors (Lipinski definition) is 3. The molecular formula is C8H18N2O3. The number of hydrogen-bond acceptors (Lipinski definition) is 4. The first-order chi connectivity index (χ1) is 5.79. The number of rotatable bonds is 3. The van der Waals surface area contributed by atoms with E-state index in [0.29, 0.717) is 0 Å². The molecule has 0 fully saturated rings. The average Bonchev–Trinajstić information content (AvgIpc) is 1.96. The first-order valence-corrected chi connectivity index (χ1v) is 4.13. The minimum atomic E-state index is -0.918. The van der Waals surface area contributed by atoms with Crippen molar-refractivity contribution in [3.05, 3.63) is 0 Å². The van der Waals surface area contributed by atoms with Gasteiger partial charge in [-0.3, -0.25) is 0 Å². The van der Waals surface area contributed by atoms with Gasteiger partial charge in [-0.1, -0.05) is 20.8 Å². The Kier molecular flexibility index (Phi) is 4.16. The number of amides is 1. The molecular weight excluding hydrogens is 172 g/mol. The fraction of sp³-hybridized carbons (Fsp3) is 0.875. The maximum atomic E-state index is 10.4. The first-order valence-electron chi connectivity index (χ1n) is 4.13. The molecule has 78 valence electrons. The third kappa shape index (κ3) is 4.10. The molecule has 0 aromatic heterocycles. The number of nitrogens with two attached hydrogens (primary N) is 2. The van der Waals surface area contributed by atoms with Gasteiger partial charge in [-0.15, -0.1) is 0 Å². The Hall–Kier alpha value is -0.810. The van der Waals surface area contributed by atoms with Gasteiger partial charge < -0.3 is 21.3 Å². The topological polar surface area (TPSA) is 98.6 Å². The SMILES string of the molecule is CC(C)(C)C(O)C(CN)OC(N)=O. The van der Waals surface area contributed by atoms with Crippen molar-refractivity contribution in [1.29, 1.82) is 0 Å². The predicted molar refractivity (Wildman–Crippen MR) is 49.0 cm³/mol. The van der Waals surface area contributed by atoms with Gasteiger partial charge in [-0.25, -0.2) is 4.79 Å². The maximum Gasteiger partial charge on any atom is 0.404 e. The standard InChI is InChI=1S/C8H18N2O3/c1-8(2,3)6(11)5(4-9)13-7(10)12/h5-6,11H,4,9H2,1-3H3,(H2,10,12). The molecule has 0 aromatic rings. The molecule has 0 saturated carbocycles. The summed E-state index contributed by atoms with van der Waals surface area (Å²) in [7, 11) is 0. The highest BCUT2D eigenvalue weighted by Crippen LogP contribution is 2.22. The molecule has 0 spiro atoms. The molecule has 0 aliphatic heterocycles. The average molecular weight is 190 g/mol. The Balaban J connectivity index is 4.31. The van der Waals surface area contributed by atoms with Gasteiger partial charge in [0.15, 0.2) is 0 Å². The summed E-state index contributed by atoms with van der Waals surface area (Å²) in [6.45, 7) is 5.53. The molecule has 0 heterocycles. The largest absolute Gasteiger partial charge is 0.442 e. The summed E-state index contributed by atoms with van der Waals surface area (Å²) in [6.07, 6.45) is -2.47. The second kappa shape index (κ2) is 4.43. The molecule has 2 unspecified atom stereocenters. The zero-order valence-corrected chi connectivity index (χ0v) is 8.28. The van der Waals surface area contributed by atoms with Crippen molar-refractivity contribution in [1.82, 2.24) is 0 Å². The van der Waals surface area contributed by atoms with Gasteiger partial charge in [0.25, 0.3) is 0 Å². The fourth-order valence-electron chi connectivity index (χ4n) is 0.948. The minimum Gasteiger partial charge on any atom is -0.442 e. The van der Waals surface area contributed by atoms with E-state index in [9.17, 15) is 9.90 Å². The van der Waals surface area contributed by atoms with E-state index >= 15 is 0 Å². The van der Waals surface area contributed by atoms with Crippen LogP contribution in [0.1, 0.15) is 20.8 Å². The highest BCUT2D eigenvalue weighted by molar-refractivity contribution is 5.64. The Morgan fingerprint density at radius 2 is 2.00 bits per heavy atom. The Morgan fingerprint density at radius 3 is 2.23 bits per heavy atom. The van der Waals surface area contributed by atoms with Crippen molar-refractivity contribution in [2.45, 2.75) is 33.0 Å². The summed E-state index contributed by atoms with van der Waals surface area (Å²) in [4.78, 5) is 10.4. The highest BCUT2D eigenvalue weighted by Gasteiger charge is 2.31. The van der Waals surface area contributed by atoms with E-state index in [1.807, 2.05) is 20.8 Å². The lowest BCUT2D eigenvalue weighted by Crippen LogP contribution is -2.45. The summed E-state index contributed by atoms with van der Waals surface area (Å²) in [5.74, 6) is 0. The number of aliphatic hydroxyl groups is 1. The van der Waals surface area contributed by atoms with Gasteiger partial charge in [0.1, 0.15) is 6.10 Å². The number of carbonyl (C=O) groups is 1. The van der Waals surface area contributed by atoms with E-state index < -0.39 is 18.3 Å². The van der Waals surface area contributed by atoms with Crippen LogP contribution in [0.3, 0.4) is 0 Å². The van der Waals surface area contributed by atoms with Gasteiger partial charge >= 0.3 is 6.09 Å². The van der Waals surface area contributed by atoms with Crippen LogP contribution >= 0.6 is 0 Å². The second-order valence-corrected chi connectivity index (χ2v) is 4.02. The Morgan fingerprint density at radius 1 is 1.54 bits per heavy atom. The predicted octanol–water partition coefficient (Wildman–Crippen LogP) is -0.184. The minimum absolute atomic E-state index is 0.0569. The molecule has 5 N–H and O–H groups in total. The van der Waals surface area contributed by atoms with Gasteiger partial charge in [-0.05, 0) is 5.41 Å². The summed E-state index contributed by atoms with van der Waals surface area (Å²) < 4.78 is 4.65. The molecule has 0 aromatic carbocycles. The summed E-state index contributed by atoms with van der Waals surface area (Å²) in [5.41, 5.74) is 9.76. The molecule has 0 saturated heterocycles. The van der Waals surface area contributed by atoms with Crippen LogP contribution in [0.15, 0.2) is 0 Å². The van der Waals surface area contributed by atoms with E-state index in [4.69, 9.17) is 11.5 Å². The van der Waals surface area contributed by atoms with Crippen LogP contribution < -0.4 is 11.5 Å². The number of ether oxygens (including phenoxy) is 1. The number of carbonyl (C=O) groups excluding carboxylic acids is 1. The van der Waals surface area contributed by atoms with E-state index in [-0.39, 0.29) is 12.0 Å². The molecule has 0 radical (unpaired) electrons. The van der Waals surface area contributed by atoms with E-state index in [0.717, 1.165) is 0 Å². The van der Waals surface area contributed by atoms with Crippen LogP contribution in [0.5, 0.6) is 0 Å². The summed E-state index contributed by atoms with van der Waals surface area (Å²) >= 11 is 0. The first kappa shape index (κ1) is 12.2. The number of primary amides is 1. The Labute approximate surface area is 78.0 Å². The zero-order chi connectivity index (χ0) is 10.6. The van der Waals surface area contributed by atoms with E-state index in [1.165, 1.54) is 0 Å². The third-order valence-corrected chi connectivity index (χ3v) is 1.74. The molecule has 5 nitrogen and oxygen atoms in total. The molecule has 1 amide bonds. The quantitative estimate of drug-likeness (QED) is 0.574. The smallest absolute Gasteiger partial charge is 0.404 e. The Bertz CT molecular complexity index is 177. The maximum absolute atomic E-state index is 10.4. The van der Waals surface area contributed by atoms with Gasteiger partial charge in [0.2, 0.25) is 0 Å². The lowest BCUT2D eigenvalue weighted by molar-refractivity contribution is -0.0445. The number of aliphatic hydroxyl groups excluding tert-OH is 1. The zero-order valence-electron chi connectivity index (χ0n) is 8.28. The van der Waals surface area contributed by atoms with Gasteiger partial charge in [-0.2, -0.15) is 0 Å². The summed E-state index contributed by atoms with van der Waals surface area (Å²) in [6, 6.07) is 0. The molecule has 0 rings (SSSR count). The van der Waals surface area contributed by atoms with Crippen molar-refractivity contribution in [2.24, 2.45) is 16.9 Å². The van der Waals surface area contributed by atoms with Crippen LogP contribution in [0.4, 0.5) is 4.79 Å². The molecule has 13 heavy (non-hydrogen) atoms. The lowest BCUT2D eigenvalue weighted by Gasteiger charge is -2.31. The normalized spacial score (nSPS) is 16.4. The summed E-state index contributed by atoms with van der Waals surface area (Å²) in [5, 5.41) is 9.68. The molecule has 2 atom stereocenters. The van der Waals surface area contributed by atoms with Crippen LogP contribution in [0, 0.1) is 5.41 Å². The van der Waals surface area contributed by atoms with Crippen molar-refractivity contribution in [2.75, 3.05) is 6.54 Å². The monoisotopic (exact) mass is 190 g/mol. The van der Waals surface area contributed by atoms with Gasteiger partial charge in [0, 0.05) is 6.54 Å². The molecule has 0 aliphatic carbocycles. The van der Waals surface area contributed by atoms with Crippen LogP contribution in [0.2, 0.25) is 0 Å². The molecule has 5 heteroatoms. The van der Waals surface area contributed by atoms with Crippen molar-refractivity contribution < 1.29 is 14.6 Å². The van der Waals surface area contributed by atoms with Crippen molar-refractivity contribution in [3.8, 4) is 0 Å². The van der Waals surface area contributed by atoms with Crippen LogP contribution in [-0.4, -0.2) is 30.0 Å². The third-order valence-electron chi connectivity index (χ3n) is 1.74. The van der Waals surface area contributed by atoms with Crippen LogP contribution in [0.25, 0.3) is 0 Å². The van der Waals surface area contributed by atoms with Crippen molar-refractivity contribution >= 4 is 6.09 Å².